The molecule has 0 atom stereocenters. The van der Waals surface area contributed by atoms with Crippen molar-refractivity contribution in [3.63, 3.8) is 0 Å². The molecule has 144 valence electrons. The molecule has 0 aliphatic rings. The van der Waals surface area contributed by atoms with Crippen LogP contribution in [-0.2, 0) is 10.1 Å². The predicted molar refractivity (Wildman–Crippen MR) is 103 cm³/mol. The number of H-pyrrole nitrogens is 1. The van der Waals surface area contributed by atoms with Gasteiger partial charge in [-0.2, -0.15) is 13.5 Å². The number of benzene rings is 2. The number of fused-ring (bicyclic) bond motifs is 3. The van der Waals surface area contributed by atoms with Crippen LogP contribution >= 0.6 is 0 Å². The fraction of sp³-hybridized carbons (Fsp3) is 0.167. The van der Waals surface area contributed by atoms with Gasteiger partial charge in [0.1, 0.15) is 0 Å². The SMILES string of the molecule is CC(C)Oc1[nH]n2c(nc3ccccc32)c1N=Nc1cccc(S(=O)(=O)O)c1. The van der Waals surface area contributed by atoms with Gasteiger partial charge in [0.15, 0.2) is 11.3 Å². The van der Waals surface area contributed by atoms with Crippen molar-refractivity contribution in [3.05, 3.63) is 48.5 Å². The van der Waals surface area contributed by atoms with E-state index in [1.165, 1.54) is 18.2 Å². The highest BCUT2D eigenvalue weighted by Gasteiger charge is 2.18. The average molecular weight is 399 g/mol. The van der Waals surface area contributed by atoms with E-state index in [1.807, 2.05) is 38.1 Å². The molecule has 0 aliphatic carbocycles. The molecule has 4 rings (SSSR count). The molecule has 2 aromatic heterocycles. The Bertz CT molecular complexity index is 1300. The van der Waals surface area contributed by atoms with Crippen LogP contribution in [-0.4, -0.2) is 33.7 Å². The Morgan fingerprint density at radius 3 is 2.68 bits per heavy atom. The van der Waals surface area contributed by atoms with Crippen molar-refractivity contribution in [2.75, 3.05) is 0 Å². The molecule has 0 radical (unpaired) electrons. The molecular formula is C18H17N5O4S. The van der Waals surface area contributed by atoms with E-state index in [-0.39, 0.29) is 16.7 Å². The molecule has 2 heterocycles. The summed E-state index contributed by atoms with van der Waals surface area (Å²) in [6, 6.07) is 13.2. The highest BCUT2D eigenvalue weighted by molar-refractivity contribution is 7.85. The summed E-state index contributed by atoms with van der Waals surface area (Å²) < 4.78 is 39.4. The first kappa shape index (κ1) is 18.1. The van der Waals surface area contributed by atoms with Crippen LogP contribution in [0.3, 0.4) is 0 Å². The fourth-order valence-corrected chi connectivity index (χ4v) is 3.30. The van der Waals surface area contributed by atoms with Gasteiger partial charge in [0.2, 0.25) is 5.88 Å². The van der Waals surface area contributed by atoms with Crippen LogP contribution in [0, 0.1) is 0 Å². The van der Waals surface area contributed by atoms with Gasteiger partial charge in [-0.25, -0.2) is 9.50 Å². The van der Waals surface area contributed by atoms with Crippen molar-refractivity contribution in [3.8, 4) is 5.88 Å². The lowest BCUT2D eigenvalue weighted by Gasteiger charge is -2.07. The molecule has 0 bridgehead atoms. The van der Waals surface area contributed by atoms with E-state index in [0.29, 0.717) is 17.2 Å². The van der Waals surface area contributed by atoms with Crippen molar-refractivity contribution in [1.82, 2.24) is 14.6 Å². The van der Waals surface area contributed by atoms with Gasteiger partial charge in [-0.1, -0.05) is 18.2 Å². The predicted octanol–water partition coefficient (Wildman–Crippen LogP) is 4.26. The van der Waals surface area contributed by atoms with Gasteiger partial charge in [0.05, 0.1) is 27.7 Å². The van der Waals surface area contributed by atoms with Crippen LogP contribution in [0.25, 0.3) is 16.7 Å². The Kier molecular flexibility index (Phi) is 4.36. The largest absolute Gasteiger partial charge is 0.474 e. The first-order chi connectivity index (χ1) is 13.3. The van der Waals surface area contributed by atoms with Gasteiger partial charge in [0, 0.05) is 0 Å². The molecule has 2 aromatic carbocycles. The van der Waals surface area contributed by atoms with E-state index >= 15 is 0 Å². The molecule has 0 unspecified atom stereocenters. The first-order valence-corrected chi connectivity index (χ1v) is 9.92. The summed E-state index contributed by atoms with van der Waals surface area (Å²) in [7, 11) is -4.32. The third-order valence-electron chi connectivity index (χ3n) is 3.94. The summed E-state index contributed by atoms with van der Waals surface area (Å²) in [5.41, 5.74) is 2.84. The van der Waals surface area contributed by atoms with Crippen LogP contribution in [0.2, 0.25) is 0 Å². The minimum atomic E-state index is -4.32. The Labute approximate surface area is 160 Å². The smallest absolute Gasteiger partial charge is 0.294 e. The Morgan fingerprint density at radius 1 is 1.14 bits per heavy atom. The molecule has 9 nitrogen and oxygen atoms in total. The molecule has 0 saturated carbocycles. The number of aromatic nitrogens is 3. The molecule has 0 saturated heterocycles. The fourth-order valence-electron chi connectivity index (χ4n) is 2.78. The molecule has 0 amide bonds. The molecule has 4 aromatic rings. The molecule has 0 spiro atoms. The van der Waals surface area contributed by atoms with E-state index in [9.17, 15) is 13.0 Å². The zero-order valence-electron chi connectivity index (χ0n) is 15.1. The van der Waals surface area contributed by atoms with Crippen molar-refractivity contribution in [2.24, 2.45) is 10.2 Å². The third-order valence-corrected chi connectivity index (χ3v) is 4.79. The molecular weight excluding hydrogens is 382 g/mol. The number of ether oxygens (including phenoxy) is 1. The van der Waals surface area contributed by atoms with Crippen LogP contribution in [0.1, 0.15) is 13.8 Å². The topological polar surface area (TPSA) is 121 Å². The van der Waals surface area contributed by atoms with Gasteiger partial charge < -0.3 is 4.74 Å². The van der Waals surface area contributed by atoms with E-state index in [2.05, 4.69) is 20.3 Å². The number of para-hydroxylation sites is 2. The number of aromatic amines is 1. The highest BCUT2D eigenvalue weighted by atomic mass is 32.2. The van der Waals surface area contributed by atoms with Crippen LogP contribution in [0.15, 0.2) is 63.7 Å². The van der Waals surface area contributed by atoms with Crippen molar-refractivity contribution >= 4 is 38.2 Å². The second kappa shape index (κ2) is 6.73. The number of nitrogens with one attached hydrogen (secondary N) is 1. The van der Waals surface area contributed by atoms with E-state index in [0.717, 1.165) is 11.0 Å². The molecule has 10 heteroatoms. The van der Waals surface area contributed by atoms with Gasteiger partial charge in [0.25, 0.3) is 10.1 Å². The quantitative estimate of drug-likeness (QED) is 0.383. The van der Waals surface area contributed by atoms with Gasteiger partial charge >= 0.3 is 0 Å². The van der Waals surface area contributed by atoms with Gasteiger partial charge in [-0.05, 0) is 44.2 Å². The number of rotatable bonds is 5. The summed E-state index contributed by atoms with van der Waals surface area (Å²) >= 11 is 0. The Balaban J connectivity index is 1.83. The van der Waals surface area contributed by atoms with Crippen LogP contribution < -0.4 is 4.74 Å². The number of azo groups is 1. The lowest BCUT2D eigenvalue weighted by atomic mass is 10.3. The van der Waals surface area contributed by atoms with Crippen LogP contribution in [0.4, 0.5) is 11.4 Å². The molecule has 28 heavy (non-hydrogen) atoms. The van der Waals surface area contributed by atoms with Gasteiger partial charge in [-0.3, -0.25) is 9.65 Å². The lowest BCUT2D eigenvalue weighted by Crippen LogP contribution is -2.06. The van der Waals surface area contributed by atoms with Gasteiger partial charge in [-0.15, -0.1) is 5.11 Å². The Hall–Kier alpha value is -3.24. The maximum absolute atomic E-state index is 11.3. The molecule has 0 aliphatic heterocycles. The average Bonchev–Trinajstić information content (AvgIpc) is 3.15. The maximum atomic E-state index is 11.3. The van der Waals surface area contributed by atoms with Crippen molar-refractivity contribution in [1.29, 1.82) is 0 Å². The number of nitrogens with zero attached hydrogens (tertiary/aromatic N) is 4. The zero-order valence-corrected chi connectivity index (χ0v) is 15.9. The number of imidazole rings is 1. The normalized spacial score (nSPS) is 12.6. The molecule has 0 fully saturated rings. The van der Waals surface area contributed by atoms with E-state index < -0.39 is 10.1 Å². The number of hydrogen-bond acceptors (Lipinski definition) is 6. The summed E-state index contributed by atoms with van der Waals surface area (Å²) in [5.74, 6) is 0.401. The summed E-state index contributed by atoms with van der Waals surface area (Å²) in [5, 5.41) is 11.5. The van der Waals surface area contributed by atoms with Crippen molar-refractivity contribution in [2.45, 2.75) is 24.8 Å². The van der Waals surface area contributed by atoms with Crippen LogP contribution in [0.5, 0.6) is 5.88 Å². The standard InChI is InChI=1S/C18H17N5O4S/c1-11(2)27-18-16(17-19-14-8-3-4-9-15(14)23(17)22-18)21-20-12-6-5-7-13(10-12)28(24,25)26/h3-11,22H,1-2H3,(H,24,25,26). The molecule has 2 N–H and O–H groups in total. The highest BCUT2D eigenvalue weighted by Crippen LogP contribution is 2.35. The minimum absolute atomic E-state index is 0.105. The Morgan fingerprint density at radius 2 is 1.93 bits per heavy atom. The lowest BCUT2D eigenvalue weighted by molar-refractivity contribution is 0.232. The summed E-state index contributed by atoms with van der Waals surface area (Å²) in [6.07, 6.45) is -0.105. The summed E-state index contributed by atoms with van der Waals surface area (Å²) in [4.78, 5) is 4.32. The number of hydrogen-bond donors (Lipinski definition) is 2. The zero-order chi connectivity index (χ0) is 19.9. The second-order valence-corrected chi connectivity index (χ2v) is 7.81. The minimum Gasteiger partial charge on any atom is -0.474 e. The van der Waals surface area contributed by atoms with Crippen molar-refractivity contribution < 1.29 is 17.7 Å². The first-order valence-electron chi connectivity index (χ1n) is 8.48. The monoisotopic (exact) mass is 399 g/mol. The summed E-state index contributed by atoms with van der Waals surface area (Å²) in [6.45, 7) is 3.77. The van der Waals surface area contributed by atoms with E-state index in [4.69, 9.17) is 4.74 Å². The second-order valence-electron chi connectivity index (χ2n) is 6.39. The third kappa shape index (κ3) is 3.35. The maximum Gasteiger partial charge on any atom is 0.294 e. The van der Waals surface area contributed by atoms with E-state index in [1.54, 1.807) is 10.6 Å².